The Bertz CT molecular complexity index is 802. The molecule has 2 aliphatic rings. The van der Waals surface area contributed by atoms with Crippen LogP contribution in [0.3, 0.4) is 0 Å². The fourth-order valence-corrected chi connectivity index (χ4v) is 3.91. The number of likely N-dealkylation sites (N-methyl/N-ethyl adjacent to an activating group) is 2. The quantitative estimate of drug-likeness (QED) is 0.320. The van der Waals surface area contributed by atoms with Gasteiger partial charge in [0.15, 0.2) is 5.82 Å². The Hall–Kier alpha value is -2.52. The van der Waals surface area contributed by atoms with Crippen LogP contribution in [0.15, 0.2) is 38.2 Å². The van der Waals surface area contributed by atoms with Gasteiger partial charge in [-0.3, -0.25) is 9.80 Å². The van der Waals surface area contributed by atoms with Gasteiger partial charge in [0.2, 0.25) is 5.91 Å². The highest BCUT2D eigenvalue weighted by Crippen LogP contribution is 2.25. The monoisotopic (exact) mass is 474 g/mol. The predicted octanol–water partition coefficient (Wildman–Crippen LogP) is 3.02. The molecule has 0 aromatic rings. The fourth-order valence-electron chi connectivity index (χ4n) is 3.91. The van der Waals surface area contributed by atoms with Crippen LogP contribution in [0.25, 0.3) is 0 Å². The smallest absolute Gasteiger partial charge is 0.239 e. The molecule has 2 rings (SSSR count). The molecule has 3 unspecified atom stereocenters. The molecule has 2 heterocycles. The van der Waals surface area contributed by atoms with Crippen LogP contribution >= 0.6 is 0 Å². The molecule has 34 heavy (non-hydrogen) atoms. The van der Waals surface area contributed by atoms with Crippen molar-refractivity contribution in [2.45, 2.75) is 73.0 Å². The van der Waals surface area contributed by atoms with Gasteiger partial charge in [0.1, 0.15) is 0 Å². The zero-order valence-corrected chi connectivity index (χ0v) is 22.7. The standard InChI is InChI=1S/C23H40N8O.C2H6/c1-8-20(19-10-11-21(25-14-19)23(32)29(5)6)28-22(31(17(4)24)26-9-2)16(3)18-12-13-30(7)27-15-18;1-2/h9,12,15,17,19,21,25H,8,10-11,13-14,24H2,1-7H3;1-2H3/b22-16+,26-9-,28-20+;. The zero-order chi connectivity index (χ0) is 25.8. The molecule has 0 bridgehead atoms. The average molecular weight is 475 g/mol. The number of nitrogens with one attached hydrogen (secondary N) is 1. The third-order valence-electron chi connectivity index (χ3n) is 5.82. The summed E-state index contributed by atoms with van der Waals surface area (Å²) in [5.41, 5.74) is 9.38. The molecule has 0 aromatic carbocycles. The van der Waals surface area contributed by atoms with Crippen LogP contribution in [-0.4, -0.2) is 85.4 Å². The minimum Gasteiger partial charge on any atom is -0.347 e. The Balaban J connectivity index is 0.00000281. The van der Waals surface area contributed by atoms with Crippen molar-refractivity contribution in [2.24, 2.45) is 26.8 Å². The summed E-state index contributed by atoms with van der Waals surface area (Å²) in [5.74, 6) is 1.13. The van der Waals surface area contributed by atoms with Gasteiger partial charge in [-0.05, 0) is 45.6 Å². The van der Waals surface area contributed by atoms with Crippen LogP contribution in [0.4, 0.5) is 0 Å². The third-order valence-corrected chi connectivity index (χ3v) is 5.82. The molecule has 0 spiro atoms. The summed E-state index contributed by atoms with van der Waals surface area (Å²) >= 11 is 0. The van der Waals surface area contributed by atoms with Crippen molar-refractivity contribution in [1.82, 2.24) is 20.2 Å². The number of carbonyl (C=O) groups is 1. The highest BCUT2D eigenvalue weighted by molar-refractivity contribution is 5.89. The average Bonchev–Trinajstić information content (AvgIpc) is 2.84. The van der Waals surface area contributed by atoms with Crippen molar-refractivity contribution >= 4 is 24.0 Å². The number of nitrogens with zero attached hydrogens (tertiary/aromatic N) is 6. The van der Waals surface area contributed by atoms with E-state index in [0.29, 0.717) is 0 Å². The number of hydrogen-bond acceptors (Lipinski definition) is 8. The van der Waals surface area contributed by atoms with E-state index in [0.717, 1.165) is 55.0 Å². The zero-order valence-electron chi connectivity index (χ0n) is 22.7. The van der Waals surface area contributed by atoms with Crippen LogP contribution in [0.5, 0.6) is 0 Å². The first kappa shape index (κ1) is 29.5. The molecule has 1 amide bonds. The summed E-state index contributed by atoms with van der Waals surface area (Å²) in [7, 11) is 5.54. The lowest BCUT2D eigenvalue weighted by Crippen LogP contribution is -2.49. The molecule has 0 aliphatic carbocycles. The Morgan fingerprint density at radius 3 is 2.50 bits per heavy atom. The second-order valence-electron chi connectivity index (χ2n) is 8.58. The predicted molar refractivity (Wildman–Crippen MR) is 144 cm³/mol. The Labute approximate surface area is 206 Å². The van der Waals surface area contributed by atoms with E-state index >= 15 is 0 Å². The van der Waals surface area contributed by atoms with Crippen molar-refractivity contribution in [2.75, 3.05) is 34.2 Å². The second kappa shape index (κ2) is 14.7. The van der Waals surface area contributed by atoms with Crippen LogP contribution < -0.4 is 11.1 Å². The number of amides is 1. The maximum Gasteiger partial charge on any atom is 0.239 e. The molecular formula is C25H46N8O. The highest BCUT2D eigenvalue weighted by Gasteiger charge is 2.29. The molecule has 9 heteroatoms. The number of aliphatic imine (C=N–C) groups is 1. The molecule has 192 valence electrons. The second-order valence-corrected chi connectivity index (χ2v) is 8.58. The highest BCUT2D eigenvalue weighted by atomic mass is 16.2. The normalized spacial score (nSPS) is 22.5. The van der Waals surface area contributed by atoms with Crippen LogP contribution in [0.2, 0.25) is 0 Å². The van der Waals surface area contributed by atoms with Crippen LogP contribution in [0.1, 0.15) is 60.8 Å². The minimum absolute atomic E-state index is 0.123. The topological polar surface area (TPSA) is 102 Å². The molecule has 0 aromatic heterocycles. The molecule has 0 radical (unpaired) electrons. The van der Waals surface area contributed by atoms with Gasteiger partial charge in [0.05, 0.1) is 25.0 Å². The number of allylic oxidation sites excluding steroid dienone is 2. The SMILES string of the molecule is C/C=N\N(C(/N=C(\CC)C1CCC(C(=O)N(C)C)NC1)=C(\C)C1=CCN(C)N=C1)C(C)N.CC. The molecule has 1 fully saturated rings. The number of carbonyl (C=O) groups excluding carboxylic acids is 1. The first-order valence-corrected chi connectivity index (χ1v) is 12.4. The molecular weight excluding hydrogens is 428 g/mol. The van der Waals surface area contributed by atoms with E-state index < -0.39 is 0 Å². The van der Waals surface area contributed by atoms with Crippen molar-refractivity contribution in [3.05, 3.63) is 23.0 Å². The maximum absolute atomic E-state index is 12.3. The number of piperidine rings is 1. The first-order chi connectivity index (χ1) is 16.2. The van der Waals surface area contributed by atoms with E-state index in [4.69, 9.17) is 10.7 Å². The number of rotatable bonds is 8. The molecule has 1 saturated heterocycles. The first-order valence-electron chi connectivity index (χ1n) is 12.4. The van der Waals surface area contributed by atoms with Crippen molar-refractivity contribution in [1.29, 1.82) is 0 Å². The number of hydrogen-bond donors (Lipinski definition) is 2. The Morgan fingerprint density at radius 1 is 1.38 bits per heavy atom. The van der Waals surface area contributed by atoms with Crippen LogP contribution in [0, 0.1) is 5.92 Å². The van der Waals surface area contributed by atoms with Gasteiger partial charge in [-0.1, -0.05) is 26.8 Å². The lowest BCUT2D eigenvalue weighted by atomic mass is 9.89. The lowest BCUT2D eigenvalue weighted by Gasteiger charge is -2.32. The minimum atomic E-state index is -0.339. The summed E-state index contributed by atoms with van der Waals surface area (Å²) in [5, 5.41) is 16.0. The van der Waals surface area contributed by atoms with E-state index in [-0.39, 0.29) is 24.0 Å². The van der Waals surface area contributed by atoms with Gasteiger partial charge in [-0.2, -0.15) is 10.2 Å². The van der Waals surface area contributed by atoms with E-state index in [1.165, 1.54) is 0 Å². The van der Waals surface area contributed by atoms with Gasteiger partial charge >= 0.3 is 0 Å². The summed E-state index contributed by atoms with van der Waals surface area (Å²) in [6.45, 7) is 13.4. The van der Waals surface area contributed by atoms with E-state index in [9.17, 15) is 4.79 Å². The summed E-state index contributed by atoms with van der Waals surface area (Å²) < 4.78 is 0. The van der Waals surface area contributed by atoms with Gasteiger partial charge in [-0.25, -0.2) is 10.0 Å². The Kier molecular flexibility index (Phi) is 12.7. The summed E-state index contributed by atoms with van der Waals surface area (Å²) in [4.78, 5) is 19.1. The van der Waals surface area contributed by atoms with Gasteiger partial charge in [-0.15, -0.1) is 0 Å². The molecule has 9 nitrogen and oxygen atoms in total. The largest absolute Gasteiger partial charge is 0.347 e. The van der Waals surface area contributed by atoms with Crippen molar-refractivity contribution < 1.29 is 4.79 Å². The lowest BCUT2D eigenvalue weighted by molar-refractivity contribution is -0.131. The van der Waals surface area contributed by atoms with Gasteiger partial charge in [0, 0.05) is 51.1 Å². The molecule has 2 aliphatic heterocycles. The summed E-state index contributed by atoms with van der Waals surface area (Å²) in [6, 6.07) is -0.123. The van der Waals surface area contributed by atoms with Gasteiger partial charge < -0.3 is 16.0 Å². The van der Waals surface area contributed by atoms with Crippen molar-refractivity contribution in [3.8, 4) is 0 Å². The van der Waals surface area contributed by atoms with E-state index in [1.807, 2.05) is 52.9 Å². The fraction of sp³-hybridized carbons (Fsp3) is 0.680. The van der Waals surface area contributed by atoms with E-state index in [1.54, 1.807) is 30.2 Å². The third kappa shape index (κ3) is 8.06. The number of hydrazone groups is 2. The maximum atomic E-state index is 12.3. The molecule has 3 N–H and O–H groups in total. The molecule has 3 atom stereocenters. The van der Waals surface area contributed by atoms with E-state index in [2.05, 4.69) is 28.5 Å². The Morgan fingerprint density at radius 2 is 2.06 bits per heavy atom. The number of nitrogens with two attached hydrogens (primary N) is 1. The molecule has 0 saturated carbocycles. The summed E-state index contributed by atoms with van der Waals surface area (Å²) in [6.07, 6.45) is 7.91. The van der Waals surface area contributed by atoms with Crippen LogP contribution in [-0.2, 0) is 4.79 Å². The van der Waals surface area contributed by atoms with Crippen molar-refractivity contribution in [3.63, 3.8) is 0 Å². The van der Waals surface area contributed by atoms with Gasteiger partial charge in [0.25, 0.3) is 0 Å².